The summed E-state index contributed by atoms with van der Waals surface area (Å²) in [5.74, 6) is 0.0184. The molecule has 0 aliphatic heterocycles. The third-order valence-electron chi connectivity index (χ3n) is 4.89. The zero-order chi connectivity index (χ0) is 24.6. The minimum absolute atomic E-state index is 0.181. The Hall–Kier alpha value is -3.94. The number of esters is 1. The van der Waals surface area contributed by atoms with Crippen LogP contribution < -0.4 is 14.9 Å². The van der Waals surface area contributed by atoms with E-state index in [1.54, 1.807) is 36.4 Å². The Kier molecular flexibility index (Phi) is 7.92. The van der Waals surface area contributed by atoms with Crippen LogP contribution in [0.25, 0.3) is 10.1 Å². The molecule has 4 rings (SSSR count). The predicted octanol–water partition coefficient (Wildman–Crippen LogP) is 6.03. The van der Waals surface area contributed by atoms with Gasteiger partial charge in [0.1, 0.15) is 16.4 Å². The van der Waals surface area contributed by atoms with E-state index in [0.717, 1.165) is 15.6 Å². The number of halogens is 1. The van der Waals surface area contributed by atoms with Crippen molar-refractivity contribution in [1.82, 2.24) is 5.43 Å². The molecule has 1 amide bonds. The highest BCUT2D eigenvalue weighted by Crippen LogP contribution is 2.35. The number of hydrazone groups is 1. The van der Waals surface area contributed by atoms with E-state index in [0.29, 0.717) is 33.4 Å². The number of nitrogens with zero attached hydrogens (tertiary/aromatic N) is 1. The molecule has 0 radical (unpaired) electrons. The molecule has 1 heterocycles. The van der Waals surface area contributed by atoms with E-state index in [-0.39, 0.29) is 6.61 Å². The summed E-state index contributed by atoms with van der Waals surface area (Å²) in [7, 11) is 0. The largest absolute Gasteiger partial charge is 0.483 e. The number of carbonyl (C=O) groups is 2. The van der Waals surface area contributed by atoms with Gasteiger partial charge in [-0.25, -0.2) is 10.2 Å². The van der Waals surface area contributed by atoms with Gasteiger partial charge in [0.05, 0.1) is 11.2 Å². The van der Waals surface area contributed by atoms with E-state index in [9.17, 15) is 9.59 Å². The summed E-state index contributed by atoms with van der Waals surface area (Å²) in [6, 6.07) is 21.8. The van der Waals surface area contributed by atoms with Crippen LogP contribution in [0.2, 0.25) is 5.02 Å². The second kappa shape index (κ2) is 11.5. The van der Waals surface area contributed by atoms with E-state index in [1.165, 1.54) is 17.6 Å². The Morgan fingerprint density at radius 3 is 2.69 bits per heavy atom. The lowest BCUT2D eigenvalue weighted by Crippen LogP contribution is -2.24. The topological polar surface area (TPSA) is 77.0 Å². The van der Waals surface area contributed by atoms with Crippen molar-refractivity contribution in [2.45, 2.75) is 6.42 Å². The van der Waals surface area contributed by atoms with E-state index in [2.05, 4.69) is 17.1 Å². The second-order valence-corrected chi connectivity index (χ2v) is 8.82. The number of carbonyl (C=O) groups excluding carboxylic acids is 2. The standard InChI is InChI=1S/C27H21ClN2O4S/c1-2-8-19-10-3-5-13-22(19)33-17-24(31)30-29-16-18-9-7-11-20(15-18)34-27(32)26-25(28)21-12-4-6-14-23(21)35-26/h2-7,9-16H,1,8,17H2,(H,30,31)/b29-16+. The van der Waals surface area contributed by atoms with Crippen molar-refractivity contribution in [3.8, 4) is 11.5 Å². The van der Waals surface area contributed by atoms with E-state index < -0.39 is 11.9 Å². The van der Waals surface area contributed by atoms with Crippen LogP contribution in [0.5, 0.6) is 11.5 Å². The Morgan fingerprint density at radius 2 is 1.86 bits per heavy atom. The van der Waals surface area contributed by atoms with Crippen LogP contribution >= 0.6 is 22.9 Å². The quantitative estimate of drug-likeness (QED) is 0.0992. The van der Waals surface area contributed by atoms with Gasteiger partial charge in [-0.2, -0.15) is 5.10 Å². The van der Waals surface area contributed by atoms with Crippen molar-refractivity contribution < 1.29 is 19.1 Å². The SMILES string of the molecule is C=CCc1ccccc1OCC(=O)N/N=C/c1cccc(OC(=O)c2sc3ccccc3c2Cl)c1. The van der Waals surface area contributed by atoms with Crippen molar-refractivity contribution in [3.63, 3.8) is 0 Å². The molecule has 35 heavy (non-hydrogen) atoms. The highest BCUT2D eigenvalue weighted by molar-refractivity contribution is 7.21. The van der Waals surface area contributed by atoms with Crippen LogP contribution in [0.1, 0.15) is 20.8 Å². The molecule has 0 fully saturated rings. The number of thiophene rings is 1. The summed E-state index contributed by atoms with van der Waals surface area (Å²) in [6.45, 7) is 3.54. The Labute approximate surface area is 211 Å². The maximum atomic E-state index is 12.7. The normalized spacial score (nSPS) is 10.9. The van der Waals surface area contributed by atoms with Crippen molar-refractivity contribution in [2.75, 3.05) is 6.61 Å². The van der Waals surface area contributed by atoms with Crippen LogP contribution in [-0.4, -0.2) is 24.7 Å². The molecule has 3 aromatic carbocycles. The number of benzene rings is 3. The zero-order valence-electron chi connectivity index (χ0n) is 18.6. The van der Waals surface area contributed by atoms with Gasteiger partial charge in [-0.3, -0.25) is 4.79 Å². The second-order valence-electron chi connectivity index (χ2n) is 7.39. The summed E-state index contributed by atoms with van der Waals surface area (Å²) < 4.78 is 12.0. The molecule has 0 aliphatic carbocycles. The first-order valence-corrected chi connectivity index (χ1v) is 11.9. The Morgan fingerprint density at radius 1 is 1.06 bits per heavy atom. The van der Waals surface area contributed by atoms with Gasteiger partial charge in [-0.05, 0) is 41.8 Å². The fraction of sp³-hybridized carbons (Fsp3) is 0.0741. The Bertz CT molecular complexity index is 1410. The number of amides is 1. The van der Waals surface area contributed by atoms with Crippen LogP contribution in [0, 0.1) is 0 Å². The average Bonchev–Trinajstić information content (AvgIpc) is 3.21. The molecule has 0 atom stereocenters. The van der Waals surface area contributed by atoms with Gasteiger partial charge in [0.15, 0.2) is 6.61 Å². The summed E-state index contributed by atoms with van der Waals surface area (Å²) in [5.41, 5.74) is 4.00. The molecule has 0 saturated carbocycles. The lowest BCUT2D eigenvalue weighted by Gasteiger charge is -2.09. The van der Waals surface area contributed by atoms with Crippen LogP contribution in [0.3, 0.4) is 0 Å². The molecule has 6 nitrogen and oxygen atoms in total. The highest BCUT2D eigenvalue weighted by atomic mass is 35.5. The molecule has 8 heteroatoms. The molecule has 0 bridgehead atoms. The first-order valence-electron chi connectivity index (χ1n) is 10.7. The van der Waals surface area contributed by atoms with Gasteiger partial charge < -0.3 is 9.47 Å². The zero-order valence-corrected chi connectivity index (χ0v) is 20.1. The number of para-hydroxylation sites is 1. The van der Waals surface area contributed by atoms with Gasteiger partial charge in [-0.1, -0.05) is 66.2 Å². The number of nitrogens with one attached hydrogen (secondary N) is 1. The monoisotopic (exact) mass is 504 g/mol. The fourth-order valence-electron chi connectivity index (χ4n) is 3.28. The van der Waals surface area contributed by atoms with E-state index >= 15 is 0 Å². The molecule has 0 unspecified atom stereocenters. The summed E-state index contributed by atoms with van der Waals surface area (Å²) in [5, 5.41) is 5.15. The minimum Gasteiger partial charge on any atom is -0.483 e. The molecule has 1 N–H and O–H groups in total. The first kappa shape index (κ1) is 24.2. The fourth-order valence-corrected chi connectivity index (χ4v) is 4.67. The number of ether oxygens (including phenoxy) is 2. The van der Waals surface area contributed by atoms with Gasteiger partial charge >= 0.3 is 5.97 Å². The Balaban J connectivity index is 1.33. The maximum Gasteiger partial charge on any atom is 0.355 e. The average molecular weight is 505 g/mol. The van der Waals surface area contributed by atoms with E-state index in [4.69, 9.17) is 21.1 Å². The molecular weight excluding hydrogens is 484 g/mol. The minimum atomic E-state index is -0.535. The third kappa shape index (κ3) is 6.15. The number of hydrogen-bond donors (Lipinski definition) is 1. The van der Waals surface area contributed by atoms with Crippen molar-refractivity contribution in [3.05, 3.63) is 106 Å². The number of fused-ring (bicyclic) bond motifs is 1. The summed E-state index contributed by atoms with van der Waals surface area (Å²) in [4.78, 5) is 25.1. The maximum absolute atomic E-state index is 12.7. The lowest BCUT2D eigenvalue weighted by atomic mass is 10.1. The van der Waals surface area contributed by atoms with Gasteiger partial charge in [-0.15, -0.1) is 17.9 Å². The van der Waals surface area contributed by atoms with Gasteiger partial charge in [0.25, 0.3) is 5.91 Å². The third-order valence-corrected chi connectivity index (χ3v) is 6.54. The smallest absolute Gasteiger partial charge is 0.355 e. The van der Waals surface area contributed by atoms with Crippen LogP contribution in [0.4, 0.5) is 0 Å². The predicted molar refractivity (Wildman–Crippen MR) is 140 cm³/mol. The first-order chi connectivity index (χ1) is 17.0. The van der Waals surface area contributed by atoms with E-state index in [1.807, 2.05) is 42.5 Å². The van der Waals surface area contributed by atoms with Crippen molar-refractivity contribution in [2.24, 2.45) is 5.10 Å². The van der Waals surface area contributed by atoms with Crippen LogP contribution in [0.15, 0.2) is 90.6 Å². The molecule has 4 aromatic rings. The lowest BCUT2D eigenvalue weighted by molar-refractivity contribution is -0.123. The summed E-state index contributed by atoms with van der Waals surface area (Å²) >= 11 is 7.65. The molecule has 176 valence electrons. The molecule has 0 spiro atoms. The molecular formula is C27H21ClN2O4S. The molecule has 1 aromatic heterocycles. The summed E-state index contributed by atoms with van der Waals surface area (Å²) in [6.07, 6.45) is 3.87. The van der Waals surface area contributed by atoms with Crippen molar-refractivity contribution in [1.29, 1.82) is 0 Å². The number of hydrogen-bond acceptors (Lipinski definition) is 6. The highest BCUT2D eigenvalue weighted by Gasteiger charge is 2.19. The molecule has 0 saturated heterocycles. The number of rotatable bonds is 9. The number of allylic oxidation sites excluding steroid dienone is 1. The van der Waals surface area contributed by atoms with Crippen LogP contribution in [-0.2, 0) is 11.2 Å². The van der Waals surface area contributed by atoms with Crippen molar-refractivity contribution >= 4 is 51.1 Å². The van der Waals surface area contributed by atoms with Gasteiger partial charge in [0, 0.05) is 10.1 Å². The molecule has 0 aliphatic rings. The van der Waals surface area contributed by atoms with Gasteiger partial charge in [0.2, 0.25) is 0 Å².